The Morgan fingerprint density at radius 2 is 1.62 bits per heavy atom. The lowest BCUT2D eigenvalue weighted by Gasteiger charge is -2.17. The Balaban J connectivity index is 2.11. The number of alkyl halides is 3. The third-order valence-electron chi connectivity index (χ3n) is 3.24. The maximum absolute atomic E-state index is 12.5. The van der Waals surface area contributed by atoms with Crippen LogP contribution in [0, 0.1) is 5.41 Å². The van der Waals surface area contributed by atoms with Gasteiger partial charge in [0.1, 0.15) is 0 Å². The highest BCUT2D eigenvalue weighted by Crippen LogP contribution is 2.30. The van der Waals surface area contributed by atoms with Crippen LogP contribution in [-0.2, 0) is 12.7 Å². The van der Waals surface area contributed by atoms with Crippen molar-refractivity contribution in [3.63, 3.8) is 0 Å². The fourth-order valence-corrected chi connectivity index (χ4v) is 1.92. The van der Waals surface area contributed by atoms with Gasteiger partial charge >= 0.3 is 6.18 Å². The molecule has 0 aliphatic rings. The van der Waals surface area contributed by atoms with Gasteiger partial charge in [-0.1, -0.05) is 32.9 Å². The molecule has 114 valence electrons. The molecule has 5 heteroatoms. The lowest BCUT2D eigenvalue weighted by atomic mass is 9.92. The van der Waals surface area contributed by atoms with Crippen molar-refractivity contribution in [2.24, 2.45) is 5.41 Å². The average Bonchev–Trinajstić information content (AvgIpc) is 2.83. The minimum Gasteiger partial charge on any atom is -0.272 e. The predicted molar refractivity (Wildman–Crippen MR) is 76.7 cm³/mol. The monoisotopic (exact) mass is 296 g/mol. The number of halogens is 3. The summed E-state index contributed by atoms with van der Waals surface area (Å²) in [5.41, 5.74) is 0.967. The second-order valence-electron chi connectivity index (χ2n) is 6.35. The summed E-state index contributed by atoms with van der Waals surface area (Å²) in [7, 11) is 0. The van der Waals surface area contributed by atoms with Crippen LogP contribution in [0.4, 0.5) is 13.2 Å². The SMILES string of the molecule is CC(C)(C)CCn1ccc(-c2ccc(C(F)(F)F)cc2)n1. The molecule has 0 aliphatic heterocycles. The normalized spacial score (nSPS) is 12.7. The molecule has 21 heavy (non-hydrogen) atoms. The van der Waals surface area contributed by atoms with E-state index in [0.717, 1.165) is 25.1 Å². The second-order valence-corrected chi connectivity index (χ2v) is 6.35. The summed E-state index contributed by atoms with van der Waals surface area (Å²) in [5, 5.41) is 4.41. The highest BCUT2D eigenvalue weighted by atomic mass is 19.4. The Hall–Kier alpha value is -1.78. The van der Waals surface area contributed by atoms with E-state index in [0.29, 0.717) is 11.3 Å². The van der Waals surface area contributed by atoms with Crippen molar-refractivity contribution in [2.45, 2.75) is 39.9 Å². The lowest BCUT2D eigenvalue weighted by molar-refractivity contribution is -0.137. The Bertz CT molecular complexity index is 589. The van der Waals surface area contributed by atoms with Gasteiger partial charge in [-0.05, 0) is 30.0 Å². The summed E-state index contributed by atoms with van der Waals surface area (Å²) in [5.74, 6) is 0. The fraction of sp³-hybridized carbons (Fsp3) is 0.438. The van der Waals surface area contributed by atoms with Gasteiger partial charge in [0.2, 0.25) is 0 Å². The van der Waals surface area contributed by atoms with E-state index in [1.165, 1.54) is 12.1 Å². The third-order valence-corrected chi connectivity index (χ3v) is 3.24. The fourth-order valence-electron chi connectivity index (χ4n) is 1.92. The van der Waals surface area contributed by atoms with Gasteiger partial charge in [0, 0.05) is 18.3 Å². The van der Waals surface area contributed by atoms with Gasteiger partial charge in [0.15, 0.2) is 0 Å². The van der Waals surface area contributed by atoms with Gasteiger partial charge in [-0.2, -0.15) is 18.3 Å². The average molecular weight is 296 g/mol. The maximum atomic E-state index is 12.5. The molecule has 2 rings (SSSR count). The summed E-state index contributed by atoms with van der Waals surface area (Å²) in [6, 6.07) is 6.91. The van der Waals surface area contributed by atoms with Crippen molar-refractivity contribution < 1.29 is 13.2 Å². The molecule has 0 fully saturated rings. The van der Waals surface area contributed by atoms with E-state index < -0.39 is 11.7 Å². The first-order chi connectivity index (χ1) is 9.65. The molecule has 1 aromatic carbocycles. The Morgan fingerprint density at radius 3 is 2.14 bits per heavy atom. The first-order valence-electron chi connectivity index (χ1n) is 6.86. The lowest BCUT2D eigenvalue weighted by Crippen LogP contribution is -2.10. The summed E-state index contributed by atoms with van der Waals surface area (Å²) in [6.07, 6.45) is -1.45. The number of aryl methyl sites for hydroxylation is 1. The highest BCUT2D eigenvalue weighted by Gasteiger charge is 2.30. The van der Waals surface area contributed by atoms with Crippen LogP contribution in [0.3, 0.4) is 0 Å². The molecular weight excluding hydrogens is 277 g/mol. The van der Waals surface area contributed by atoms with Gasteiger partial charge in [0.25, 0.3) is 0 Å². The second kappa shape index (κ2) is 5.54. The quantitative estimate of drug-likeness (QED) is 0.779. The summed E-state index contributed by atoms with van der Waals surface area (Å²) in [6.45, 7) is 7.28. The largest absolute Gasteiger partial charge is 0.416 e. The molecule has 0 N–H and O–H groups in total. The molecule has 0 unspecified atom stereocenters. The zero-order valence-corrected chi connectivity index (χ0v) is 12.4. The van der Waals surface area contributed by atoms with E-state index in [-0.39, 0.29) is 5.41 Å². The van der Waals surface area contributed by atoms with Crippen molar-refractivity contribution in [2.75, 3.05) is 0 Å². The molecule has 0 saturated heterocycles. The third kappa shape index (κ3) is 4.34. The number of rotatable bonds is 3. The Kier molecular flexibility index (Phi) is 4.12. The Morgan fingerprint density at radius 1 is 1.00 bits per heavy atom. The van der Waals surface area contributed by atoms with Crippen LogP contribution in [0.5, 0.6) is 0 Å². The molecule has 0 aliphatic carbocycles. The van der Waals surface area contributed by atoms with Crippen molar-refractivity contribution >= 4 is 0 Å². The van der Waals surface area contributed by atoms with Crippen molar-refractivity contribution in [3.05, 3.63) is 42.1 Å². The van der Waals surface area contributed by atoms with Crippen LogP contribution in [-0.4, -0.2) is 9.78 Å². The number of hydrogen-bond donors (Lipinski definition) is 0. The standard InChI is InChI=1S/C16H19F3N2/c1-15(2,3)9-11-21-10-8-14(20-21)12-4-6-13(7-5-12)16(17,18)19/h4-8,10H,9,11H2,1-3H3. The molecule has 0 atom stereocenters. The zero-order chi connectivity index (χ0) is 15.7. The number of benzene rings is 1. The molecule has 0 bridgehead atoms. The van der Waals surface area contributed by atoms with E-state index in [1.807, 2.05) is 16.9 Å². The van der Waals surface area contributed by atoms with E-state index >= 15 is 0 Å². The first-order valence-corrected chi connectivity index (χ1v) is 6.86. The van der Waals surface area contributed by atoms with Crippen LogP contribution in [0.15, 0.2) is 36.5 Å². The number of aromatic nitrogens is 2. The summed E-state index contributed by atoms with van der Waals surface area (Å²) < 4.78 is 39.4. The van der Waals surface area contributed by atoms with Crippen LogP contribution in [0.2, 0.25) is 0 Å². The van der Waals surface area contributed by atoms with Gasteiger partial charge in [-0.25, -0.2) is 0 Å². The van der Waals surface area contributed by atoms with E-state index in [2.05, 4.69) is 25.9 Å². The van der Waals surface area contributed by atoms with E-state index in [4.69, 9.17) is 0 Å². The molecule has 0 radical (unpaired) electrons. The van der Waals surface area contributed by atoms with Crippen molar-refractivity contribution in [1.82, 2.24) is 9.78 Å². The molecule has 1 heterocycles. The van der Waals surface area contributed by atoms with E-state index in [9.17, 15) is 13.2 Å². The molecule has 0 spiro atoms. The predicted octanol–water partition coefficient (Wildman–Crippen LogP) is 5.01. The minimum absolute atomic E-state index is 0.223. The molecular formula is C16H19F3N2. The Labute approximate surface area is 122 Å². The van der Waals surface area contributed by atoms with Crippen LogP contribution < -0.4 is 0 Å². The van der Waals surface area contributed by atoms with Gasteiger partial charge in [-0.3, -0.25) is 4.68 Å². The molecule has 0 saturated carbocycles. The summed E-state index contributed by atoms with van der Waals surface area (Å²) in [4.78, 5) is 0. The van der Waals surface area contributed by atoms with Crippen LogP contribution >= 0.6 is 0 Å². The molecule has 2 aromatic rings. The number of nitrogens with zero attached hydrogens (tertiary/aromatic N) is 2. The van der Waals surface area contributed by atoms with Crippen molar-refractivity contribution in [1.29, 1.82) is 0 Å². The summed E-state index contributed by atoms with van der Waals surface area (Å²) >= 11 is 0. The highest BCUT2D eigenvalue weighted by molar-refractivity contribution is 5.58. The minimum atomic E-state index is -4.30. The van der Waals surface area contributed by atoms with E-state index in [1.54, 1.807) is 0 Å². The smallest absolute Gasteiger partial charge is 0.272 e. The zero-order valence-electron chi connectivity index (χ0n) is 12.4. The molecule has 0 amide bonds. The van der Waals surface area contributed by atoms with Gasteiger partial charge in [0.05, 0.1) is 11.3 Å². The number of hydrogen-bond acceptors (Lipinski definition) is 1. The van der Waals surface area contributed by atoms with Crippen LogP contribution in [0.1, 0.15) is 32.8 Å². The maximum Gasteiger partial charge on any atom is 0.416 e. The van der Waals surface area contributed by atoms with Crippen LogP contribution in [0.25, 0.3) is 11.3 Å². The molecule has 1 aromatic heterocycles. The first kappa shape index (κ1) is 15.6. The molecule has 2 nitrogen and oxygen atoms in total. The van der Waals surface area contributed by atoms with Crippen molar-refractivity contribution in [3.8, 4) is 11.3 Å². The topological polar surface area (TPSA) is 17.8 Å². The van der Waals surface area contributed by atoms with Gasteiger partial charge < -0.3 is 0 Å². The van der Waals surface area contributed by atoms with Gasteiger partial charge in [-0.15, -0.1) is 0 Å².